The topological polar surface area (TPSA) is 102 Å². The highest BCUT2D eigenvalue weighted by molar-refractivity contribution is 7.22. The molecule has 0 bridgehead atoms. The van der Waals surface area contributed by atoms with E-state index in [0.717, 1.165) is 15.3 Å². The number of Topliss-reactive ketones (excluding diaryl/α,β-unsaturated/α-hetero) is 1. The number of fused-ring (bicyclic) bond motifs is 1. The zero-order valence-corrected chi connectivity index (χ0v) is 24.8. The van der Waals surface area contributed by atoms with Crippen LogP contribution in [0.25, 0.3) is 10.2 Å². The second kappa shape index (κ2) is 11.4. The number of aryl methyl sites for hydroxylation is 2. The maximum Gasteiger partial charge on any atom is 0.296 e. The smallest absolute Gasteiger partial charge is 0.296 e. The number of aromatic nitrogens is 2. The molecule has 212 valence electrons. The number of benzene rings is 3. The lowest BCUT2D eigenvalue weighted by molar-refractivity contribution is -0.117. The van der Waals surface area contributed by atoms with Gasteiger partial charge >= 0.3 is 0 Å². The van der Waals surface area contributed by atoms with Gasteiger partial charge in [-0.2, -0.15) is 0 Å². The molecule has 2 aromatic heterocycles. The standard InChI is InChI=1S/C32H27N3O5S2/c1-4-39-23-13-14-24-25(16-23)42-32(34-24)35-27(21-11-8-12-22(15-21)40-17-20-9-6-5-7-10-20)26(29(37)31(35)38)28(36)30-18(2)33-19(3)41-30/h5-16,27,37H,4,17H2,1-3H3. The first kappa shape index (κ1) is 27.6. The number of carbonyl (C=O) groups excluding carboxylic acids is 2. The molecule has 0 aliphatic carbocycles. The number of thiazole rings is 2. The molecule has 0 spiro atoms. The summed E-state index contributed by atoms with van der Waals surface area (Å²) < 4.78 is 12.5. The fraction of sp³-hybridized carbons (Fsp3) is 0.188. The Bertz CT molecular complexity index is 1840. The van der Waals surface area contributed by atoms with Gasteiger partial charge in [-0.25, -0.2) is 9.97 Å². The van der Waals surface area contributed by atoms with E-state index in [0.29, 0.717) is 51.5 Å². The van der Waals surface area contributed by atoms with Gasteiger partial charge in [0.1, 0.15) is 18.1 Å². The molecule has 42 heavy (non-hydrogen) atoms. The van der Waals surface area contributed by atoms with Gasteiger partial charge < -0.3 is 14.6 Å². The molecule has 0 saturated heterocycles. The third-order valence-corrected chi connectivity index (χ3v) is 8.94. The molecule has 3 heterocycles. The number of rotatable bonds is 9. The number of anilines is 1. The van der Waals surface area contributed by atoms with Crippen LogP contribution in [0.3, 0.4) is 0 Å². The van der Waals surface area contributed by atoms with E-state index in [1.807, 2.05) is 80.6 Å². The average Bonchev–Trinajstić information content (AvgIpc) is 3.64. The van der Waals surface area contributed by atoms with Gasteiger partial charge in [-0.05, 0) is 62.2 Å². The Hall–Kier alpha value is -4.54. The Morgan fingerprint density at radius 2 is 1.74 bits per heavy atom. The van der Waals surface area contributed by atoms with Gasteiger partial charge in [-0.1, -0.05) is 53.8 Å². The lowest BCUT2D eigenvalue weighted by Crippen LogP contribution is -2.31. The van der Waals surface area contributed by atoms with Crippen LogP contribution >= 0.6 is 22.7 Å². The molecule has 0 fully saturated rings. The van der Waals surface area contributed by atoms with Gasteiger partial charge in [0.2, 0.25) is 5.78 Å². The summed E-state index contributed by atoms with van der Waals surface area (Å²) in [6.45, 7) is 6.35. The molecular formula is C32H27N3O5S2. The summed E-state index contributed by atoms with van der Waals surface area (Å²) >= 11 is 2.53. The maximum absolute atomic E-state index is 14.0. The summed E-state index contributed by atoms with van der Waals surface area (Å²) in [5, 5.41) is 12.3. The first-order valence-corrected chi connectivity index (χ1v) is 15.0. The molecule has 5 aromatic rings. The van der Waals surface area contributed by atoms with Crippen molar-refractivity contribution in [3.05, 3.63) is 111 Å². The second-order valence-electron chi connectivity index (χ2n) is 9.72. The highest BCUT2D eigenvalue weighted by Crippen LogP contribution is 2.45. The van der Waals surface area contributed by atoms with Crippen molar-refractivity contribution >= 4 is 49.7 Å². The van der Waals surface area contributed by atoms with E-state index < -0.39 is 23.5 Å². The van der Waals surface area contributed by atoms with Crippen molar-refractivity contribution in [2.45, 2.75) is 33.4 Å². The number of aliphatic hydroxyl groups is 1. The van der Waals surface area contributed by atoms with Crippen molar-refractivity contribution in [3.63, 3.8) is 0 Å². The molecule has 0 radical (unpaired) electrons. The van der Waals surface area contributed by atoms with Gasteiger partial charge in [0.15, 0.2) is 10.9 Å². The van der Waals surface area contributed by atoms with Gasteiger partial charge in [0.05, 0.1) is 44.0 Å². The Morgan fingerprint density at radius 3 is 2.48 bits per heavy atom. The van der Waals surface area contributed by atoms with Crippen molar-refractivity contribution in [1.29, 1.82) is 0 Å². The van der Waals surface area contributed by atoms with Crippen LogP contribution < -0.4 is 14.4 Å². The molecule has 1 N–H and O–H groups in total. The number of nitrogens with zero attached hydrogens (tertiary/aromatic N) is 3. The fourth-order valence-corrected chi connectivity index (χ4v) is 6.88. The van der Waals surface area contributed by atoms with Crippen molar-refractivity contribution < 1.29 is 24.2 Å². The molecular weight excluding hydrogens is 571 g/mol. The number of hydrogen-bond acceptors (Lipinski definition) is 9. The Balaban J connectivity index is 1.44. The molecule has 1 aliphatic heterocycles. The Labute approximate surface area is 250 Å². The van der Waals surface area contributed by atoms with Crippen molar-refractivity contribution in [2.75, 3.05) is 11.5 Å². The lowest BCUT2D eigenvalue weighted by atomic mass is 9.95. The van der Waals surface area contributed by atoms with Crippen LogP contribution in [0.1, 0.15) is 44.5 Å². The quantitative estimate of drug-likeness (QED) is 0.180. The molecule has 1 unspecified atom stereocenters. The number of ether oxygens (including phenoxy) is 2. The van der Waals surface area contributed by atoms with Crippen LogP contribution in [0.15, 0.2) is 84.1 Å². The maximum atomic E-state index is 14.0. The Morgan fingerprint density at radius 1 is 0.952 bits per heavy atom. The second-order valence-corrected chi connectivity index (χ2v) is 11.9. The number of amides is 1. The van der Waals surface area contributed by atoms with E-state index in [1.54, 1.807) is 13.0 Å². The van der Waals surface area contributed by atoms with E-state index >= 15 is 0 Å². The summed E-state index contributed by atoms with van der Waals surface area (Å²) in [6, 6.07) is 21.6. The predicted octanol–water partition coefficient (Wildman–Crippen LogP) is 7.13. The summed E-state index contributed by atoms with van der Waals surface area (Å²) in [7, 11) is 0. The van der Waals surface area contributed by atoms with Crippen LogP contribution in [0.2, 0.25) is 0 Å². The van der Waals surface area contributed by atoms with Crippen LogP contribution in [-0.4, -0.2) is 33.4 Å². The fourth-order valence-electron chi connectivity index (χ4n) is 4.98. The number of hydrogen-bond donors (Lipinski definition) is 1. The van der Waals surface area contributed by atoms with Crippen LogP contribution in [-0.2, 0) is 11.4 Å². The van der Waals surface area contributed by atoms with Crippen LogP contribution in [0.4, 0.5) is 5.13 Å². The normalized spacial score (nSPS) is 15.1. The zero-order chi connectivity index (χ0) is 29.4. The summed E-state index contributed by atoms with van der Waals surface area (Å²) in [4.78, 5) is 38.6. The monoisotopic (exact) mass is 597 g/mol. The number of carbonyl (C=O) groups is 2. The Kier molecular flexibility index (Phi) is 7.49. The van der Waals surface area contributed by atoms with Gasteiger partial charge in [-0.3, -0.25) is 14.5 Å². The molecule has 6 rings (SSSR count). The highest BCUT2D eigenvalue weighted by atomic mass is 32.1. The highest BCUT2D eigenvalue weighted by Gasteiger charge is 2.46. The van der Waals surface area contributed by atoms with E-state index in [2.05, 4.69) is 4.98 Å². The predicted molar refractivity (Wildman–Crippen MR) is 164 cm³/mol. The van der Waals surface area contributed by atoms with Crippen molar-refractivity contribution in [2.24, 2.45) is 0 Å². The van der Waals surface area contributed by atoms with Gasteiger partial charge in [0, 0.05) is 0 Å². The molecule has 1 atom stereocenters. The van der Waals surface area contributed by atoms with E-state index in [9.17, 15) is 14.7 Å². The van der Waals surface area contributed by atoms with Crippen LogP contribution in [0.5, 0.6) is 11.5 Å². The molecule has 1 amide bonds. The molecule has 1 aliphatic rings. The first-order chi connectivity index (χ1) is 20.3. The molecule has 10 heteroatoms. The summed E-state index contributed by atoms with van der Waals surface area (Å²) in [5.41, 5.74) is 2.83. The minimum Gasteiger partial charge on any atom is -0.503 e. The number of ketones is 1. The largest absolute Gasteiger partial charge is 0.503 e. The van der Waals surface area contributed by atoms with E-state index in [-0.39, 0.29) is 5.57 Å². The third-order valence-electron chi connectivity index (χ3n) is 6.85. The molecule has 0 saturated carbocycles. The molecule has 3 aromatic carbocycles. The summed E-state index contributed by atoms with van der Waals surface area (Å²) in [5.74, 6) is -0.466. The minimum absolute atomic E-state index is 0.0128. The lowest BCUT2D eigenvalue weighted by Gasteiger charge is -2.24. The van der Waals surface area contributed by atoms with Gasteiger partial charge in [0.25, 0.3) is 5.91 Å². The SMILES string of the molecule is CCOc1ccc2nc(N3C(=O)C(O)=C(C(=O)c4sc(C)nc4C)C3c3cccc(OCc4ccccc4)c3)sc2c1. The summed E-state index contributed by atoms with van der Waals surface area (Å²) in [6.07, 6.45) is 0. The average molecular weight is 598 g/mol. The third kappa shape index (κ3) is 5.15. The van der Waals surface area contributed by atoms with Gasteiger partial charge in [-0.15, -0.1) is 11.3 Å². The van der Waals surface area contributed by atoms with Crippen molar-refractivity contribution in [1.82, 2.24) is 9.97 Å². The van der Waals surface area contributed by atoms with E-state index in [1.165, 1.54) is 27.6 Å². The number of aliphatic hydroxyl groups excluding tert-OH is 1. The minimum atomic E-state index is -0.931. The van der Waals surface area contributed by atoms with E-state index in [4.69, 9.17) is 14.5 Å². The zero-order valence-electron chi connectivity index (χ0n) is 23.2. The van der Waals surface area contributed by atoms with Crippen molar-refractivity contribution in [3.8, 4) is 11.5 Å². The first-order valence-electron chi connectivity index (χ1n) is 13.4. The molecule has 8 nitrogen and oxygen atoms in total. The van der Waals surface area contributed by atoms with Crippen LogP contribution in [0, 0.1) is 13.8 Å².